The number of nitrogens with zero attached hydrogens (tertiary/aromatic N) is 1. The van der Waals surface area contributed by atoms with Crippen LogP contribution in [0.15, 0.2) is 0 Å². The normalized spacial score (nSPS) is 26.8. The van der Waals surface area contributed by atoms with Gasteiger partial charge in [-0.3, -0.25) is 4.90 Å². The van der Waals surface area contributed by atoms with Crippen molar-refractivity contribution >= 4 is 0 Å². The molecule has 2 heteroatoms. The summed E-state index contributed by atoms with van der Waals surface area (Å²) in [6, 6.07) is 1.37. The van der Waals surface area contributed by atoms with Crippen molar-refractivity contribution in [1.29, 1.82) is 0 Å². The third kappa shape index (κ3) is 4.59. The Kier molecular flexibility index (Phi) is 5.46. The first kappa shape index (κ1) is 15.0. The van der Waals surface area contributed by atoms with Crippen LogP contribution in [0.5, 0.6) is 0 Å². The molecule has 1 rings (SSSR count). The highest BCUT2D eigenvalue weighted by molar-refractivity contribution is 4.89. The molecule has 102 valence electrons. The Morgan fingerprint density at radius 1 is 1.29 bits per heavy atom. The van der Waals surface area contributed by atoms with Crippen molar-refractivity contribution in [2.45, 2.75) is 66.5 Å². The summed E-state index contributed by atoms with van der Waals surface area (Å²) in [5, 5.41) is 3.67. The van der Waals surface area contributed by atoms with Crippen LogP contribution < -0.4 is 5.32 Å². The first-order valence-electron chi connectivity index (χ1n) is 7.32. The molecule has 0 spiro atoms. The smallest absolute Gasteiger partial charge is 0.0244 e. The van der Waals surface area contributed by atoms with Crippen LogP contribution in [0.2, 0.25) is 0 Å². The van der Waals surface area contributed by atoms with Gasteiger partial charge < -0.3 is 5.32 Å². The molecule has 0 aromatic carbocycles. The van der Waals surface area contributed by atoms with E-state index in [0.29, 0.717) is 11.5 Å². The van der Waals surface area contributed by atoms with Crippen LogP contribution in [-0.2, 0) is 0 Å². The van der Waals surface area contributed by atoms with Gasteiger partial charge in [0, 0.05) is 31.7 Å². The lowest BCUT2D eigenvalue weighted by molar-refractivity contribution is 0.0940. The van der Waals surface area contributed by atoms with Gasteiger partial charge in [0.05, 0.1) is 0 Å². The van der Waals surface area contributed by atoms with E-state index < -0.39 is 0 Å². The van der Waals surface area contributed by atoms with Crippen molar-refractivity contribution < 1.29 is 0 Å². The number of hydrogen-bond donors (Lipinski definition) is 1. The maximum Gasteiger partial charge on any atom is 0.0244 e. The van der Waals surface area contributed by atoms with E-state index in [2.05, 4.69) is 51.8 Å². The first-order valence-corrected chi connectivity index (χ1v) is 7.32. The van der Waals surface area contributed by atoms with Crippen LogP contribution in [0.25, 0.3) is 0 Å². The molecule has 0 bridgehead atoms. The lowest BCUT2D eigenvalue weighted by atomic mass is 9.85. The minimum absolute atomic E-state index is 0.370. The van der Waals surface area contributed by atoms with E-state index in [1.165, 1.54) is 25.9 Å². The van der Waals surface area contributed by atoms with Crippen LogP contribution in [0, 0.1) is 11.3 Å². The van der Waals surface area contributed by atoms with Gasteiger partial charge >= 0.3 is 0 Å². The summed E-state index contributed by atoms with van der Waals surface area (Å²) in [5.41, 5.74) is 0.370. The van der Waals surface area contributed by atoms with Gasteiger partial charge in [0.25, 0.3) is 0 Å². The molecule has 1 N–H and O–H groups in total. The van der Waals surface area contributed by atoms with Gasteiger partial charge in [-0.05, 0) is 24.7 Å². The lowest BCUT2D eigenvalue weighted by Gasteiger charge is -2.43. The topological polar surface area (TPSA) is 15.3 Å². The van der Waals surface area contributed by atoms with E-state index in [9.17, 15) is 0 Å². The van der Waals surface area contributed by atoms with E-state index in [4.69, 9.17) is 0 Å². The standard InChI is InChI=1S/C15H32N2/c1-7-12(2)10-13(3)17-9-8-16-14(11-17)15(4,5)6/h12-14,16H,7-11H2,1-6H3. The fourth-order valence-corrected chi connectivity index (χ4v) is 2.65. The van der Waals surface area contributed by atoms with Crippen LogP contribution in [-0.4, -0.2) is 36.6 Å². The average molecular weight is 240 g/mol. The van der Waals surface area contributed by atoms with Gasteiger partial charge in [0.2, 0.25) is 0 Å². The fraction of sp³-hybridized carbons (Fsp3) is 1.00. The zero-order chi connectivity index (χ0) is 13.1. The van der Waals surface area contributed by atoms with Gasteiger partial charge in [0.1, 0.15) is 0 Å². The molecule has 0 saturated carbocycles. The third-order valence-electron chi connectivity index (χ3n) is 4.32. The Balaban J connectivity index is 2.49. The summed E-state index contributed by atoms with van der Waals surface area (Å²) in [5.74, 6) is 0.855. The van der Waals surface area contributed by atoms with Gasteiger partial charge in [-0.2, -0.15) is 0 Å². The molecule has 0 aromatic heterocycles. The highest BCUT2D eigenvalue weighted by Gasteiger charge is 2.31. The van der Waals surface area contributed by atoms with Crippen molar-refractivity contribution in [3.05, 3.63) is 0 Å². The molecule has 0 radical (unpaired) electrons. The second-order valence-corrected chi connectivity index (χ2v) is 6.97. The zero-order valence-corrected chi connectivity index (χ0v) is 12.7. The SMILES string of the molecule is CCC(C)CC(C)N1CCNC(C(C)(C)C)C1. The molecular formula is C15H32N2. The summed E-state index contributed by atoms with van der Waals surface area (Å²) in [7, 11) is 0. The van der Waals surface area contributed by atoms with Gasteiger partial charge in [0.15, 0.2) is 0 Å². The maximum atomic E-state index is 3.67. The lowest BCUT2D eigenvalue weighted by Crippen LogP contribution is -2.57. The molecule has 0 aromatic rings. The van der Waals surface area contributed by atoms with E-state index in [1.54, 1.807) is 0 Å². The highest BCUT2D eigenvalue weighted by atomic mass is 15.2. The third-order valence-corrected chi connectivity index (χ3v) is 4.32. The molecule has 1 fully saturated rings. The van der Waals surface area contributed by atoms with Crippen molar-refractivity contribution in [2.75, 3.05) is 19.6 Å². The van der Waals surface area contributed by atoms with Gasteiger partial charge in [-0.15, -0.1) is 0 Å². The Hall–Kier alpha value is -0.0800. The summed E-state index contributed by atoms with van der Waals surface area (Å²) in [6.45, 7) is 17.7. The molecule has 3 atom stereocenters. The van der Waals surface area contributed by atoms with Crippen molar-refractivity contribution in [2.24, 2.45) is 11.3 Å². The van der Waals surface area contributed by atoms with Crippen molar-refractivity contribution in [3.63, 3.8) is 0 Å². The Morgan fingerprint density at radius 3 is 2.47 bits per heavy atom. The number of piperazine rings is 1. The molecule has 1 aliphatic rings. The van der Waals surface area contributed by atoms with E-state index >= 15 is 0 Å². The Morgan fingerprint density at radius 2 is 1.94 bits per heavy atom. The predicted molar refractivity (Wildman–Crippen MR) is 76.4 cm³/mol. The van der Waals surface area contributed by atoms with Crippen LogP contribution in [0.3, 0.4) is 0 Å². The summed E-state index contributed by atoms with van der Waals surface area (Å²) in [4.78, 5) is 2.68. The van der Waals surface area contributed by atoms with E-state index in [-0.39, 0.29) is 0 Å². The molecule has 17 heavy (non-hydrogen) atoms. The van der Waals surface area contributed by atoms with E-state index in [0.717, 1.165) is 18.5 Å². The molecule has 1 heterocycles. The van der Waals surface area contributed by atoms with E-state index in [1.807, 2.05) is 0 Å². The number of hydrogen-bond acceptors (Lipinski definition) is 2. The summed E-state index contributed by atoms with van der Waals surface area (Å²) >= 11 is 0. The zero-order valence-electron chi connectivity index (χ0n) is 12.7. The molecule has 0 aliphatic carbocycles. The van der Waals surface area contributed by atoms with Crippen LogP contribution >= 0.6 is 0 Å². The van der Waals surface area contributed by atoms with Gasteiger partial charge in [-0.1, -0.05) is 41.0 Å². The monoisotopic (exact) mass is 240 g/mol. The first-order chi connectivity index (χ1) is 7.84. The molecule has 1 saturated heterocycles. The largest absolute Gasteiger partial charge is 0.311 e. The second-order valence-electron chi connectivity index (χ2n) is 6.97. The quantitative estimate of drug-likeness (QED) is 0.812. The fourth-order valence-electron chi connectivity index (χ4n) is 2.65. The number of nitrogens with one attached hydrogen (secondary N) is 1. The average Bonchev–Trinajstić information content (AvgIpc) is 2.28. The van der Waals surface area contributed by atoms with Crippen LogP contribution in [0.4, 0.5) is 0 Å². The Labute approximate surface area is 108 Å². The van der Waals surface area contributed by atoms with Crippen LogP contribution in [0.1, 0.15) is 54.4 Å². The summed E-state index contributed by atoms with van der Waals surface area (Å²) in [6.07, 6.45) is 2.65. The maximum absolute atomic E-state index is 3.67. The molecule has 1 aliphatic heterocycles. The molecule has 3 unspecified atom stereocenters. The molecule has 2 nitrogen and oxygen atoms in total. The Bertz CT molecular complexity index is 219. The number of rotatable bonds is 4. The minimum Gasteiger partial charge on any atom is -0.311 e. The molecule has 0 amide bonds. The predicted octanol–water partition coefficient (Wildman–Crippen LogP) is 3.13. The molecular weight excluding hydrogens is 208 g/mol. The minimum atomic E-state index is 0.370. The van der Waals surface area contributed by atoms with Crippen molar-refractivity contribution in [1.82, 2.24) is 10.2 Å². The van der Waals surface area contributed by atoms with Gasteiger partial charge in [-0.25, -0.2) is 0 Å². The second kappa shape index (κ2) is 6.19. The summed E-state index contributed by atoms with van der Waals surface area (Å²) < 4.78 is 0. The highest BCUT2D eigenvalue weighted by Crippen LogP contribution is 2.24. The van der Waals surface area contributed by atoms with Crippen molar-refractivity contribution in [3.8, 4) is 0 Å².